The third kappa shape index (κ3) is 3.26. The fourth-order valence-electron chi connectivity index (χ4n) is 1.18. The Labute approximate surface area is 85.4 Å². The average Bonchev–Trinajstić information content (AvgIpc) is 2.39. The van der Waals surface area contributed by atoms with E-state index in [1.165, 1.54) is 6.07 Å². The van der Waals surface area contributed by atoms with Gasteiger partial charge in [0.2, 0.25) is 0 Å². The molecule has 1 aromatic heterocycles. The van der Waals surface area contributed by atoms with E-state index in [4.69, 9.17) is 10.2 Å². The fraction of sp³-hybridized carbons (Fsp3) is 0.444. The highest BCUT2D eigenvalue weighted by Crippen LogP contribution is 2.34. The molecule has 0 fully saturated rings. The largest absolute Gasteiger partial charge is 0.499 e. The number of carboxylic acid groups (broad SMARTS) is 1. The molecule has 0 unspecified atom stereocenters. The standard InChI is InChI=1S/C9H12O4S/c10-7(11)4-2-1-3-6-5-8(12)14-9(6)13/h5,12-13H,1-4H2,(H,10,11). The van der Waals surface area contributed by atoms with Gasteiger partial charge in [-0.25, -0.2) is 0 Å². The van der Waals surface area contributed by atoms with Crippen LogP contribution in [0.4, 0.5) is 0 Å². The summed E-state index contributed by atoms with van der Waals surface area (Å²) >= 11 is 0.928. The lowest BCUT2D eigenvalue weighted by atomic mass is 10.1. The summed E-state index contributed by atoms with van der Waals surface area (Å²) in [5, 5.41) is 26.9. The van der Waals surface area contributed by atoms with Crippen LogP contribution in [0.1, 0.15) is 24.8 Å². The maximum absolute atomic E-state index is 10.2. The van der Waals surface area contributed by atoms with Gasteiger partial charge in [-0.3, -0.25) is 4.79 Å². The molecule has 3 N–H and O–H groups in total. The summed E-state index contributed by atoms with van der Waals surface area (Å²) in [6.07, 6.45) is 2.05. The molecule has 1 aromatic rings. The molecule has 78 valence electrons. The molecular formula is C9H12O4S. The molecule has 14 heavy (non-hydrogen) atoms. The summed E-state index contributed by atoms with van der Waals surface area (Å²) in [4.78, 5) is 10.2. The second-order valence-corrected chi connectivity index (χ2v) is 4.02. The second-order valence-electron chi connectivity index (χ2n) is 3.02. The Morgan fingerprint density at radius 1 is 1.36 bits per heavy atom. The van der Waals surface area contributed by atoms with Crippen molar-refractivity contribution in [3.05, 3.63) is 11.6 Å². The minimum absolute atomic E-state index is 0.0933. The number of aryl methyl sites for hydroxylation is 1. The predicted molar refractivity (Wildman–Crippen MR) is 52.8 cm³/mol. The van der Waals surface area contributed by atoms with E-state index < -0.39 is 5.97 Å². The molecule has 5 heteroatoms. The smallest absolute Gasteiger partial charge is 0.303 e. The van der Waals surface area contributed by atoms with Crippen LogP contribution < -0.4 is 0 Å². The zero-order valence-corrected chi connectivity index (χ0v) is 8.38. The second kappa shape index (κ2) is 4.85. The van der Waals surface area contributed by atoms with Crippen LogP contribution in [-0.4, -0.2) is 21.3 Å². The Morgan fingerprint density at radius 2 is 2.07 bits per heavy atom. The third-order valence-electron chi connectivity index (χ3n) is 1.86. The van der Waals surface area contributed by atoms with Crippen molar-refractivity contribution in [2.75, 3.05) is 0 Å². The van der Waals surface area contributed by atoms with Crippen molar-refractivity contribution in [3.8, 4) is 10.1 Å². The van der Waals surface area contributed by atoms with Crippen molar-refractivity contribution in [2.24, 2.45) is 0 Å². The van der Waals surface area contributed by atoms with E-state index in [9.17, 15) is 9.90 Å². The topological polar surface area (TPSA) is 77.8 Å². The van der Waals surface area contributed by atoms with Crippen LogP contribution >= 0.6 is 11.3 Å². The minimum Gasteiger partial charge on any atom is -0.499 e. The first-order valence-electron chi connectivity index (χ1n) is 4.32. The van der Waals surface area contributed by atoms with Gasteiger partial charge in [0.25, 0.3) is 0 Å². The third-order valence-corrected chi connectivity index (χ3v) is 2.64. The molecule has 0 atom stereocenters. The summed E-state index contributed by atoms with van der Waals surface area (Å²) in [5.41, 5.74) is 0.692. The summed E-state index contributed by atoms with van der Waals surface area (Å²) in [7, 11) is 0. The zero-order valence-electron chi connectivity index (χ0n) is 7.56. The highest BCUT2D eigenvalue weighted by atomic mass is 32.1. The van der Waals surface area contributed by atoms with Gasteiger partial charge < -0.3 is 15.3 Å². The number of hydrogen-bond acceptors (Lipinski definition) is 4. The minimum atomic E-state index is -0.803. The van der Waals surface area contributed by atoms with Crippen molar-refractivity contribution in [3.63, 3.8) is 0 Å². The lowest BCUT2D eigenvalue weighted by Gasteiger charge is -1.97. The Bertz CT molecular complexity index is 319. The molecule has 1 heterocycles. The Balaban J connectivity index is 2.31. The van der Waals surface area contributed by atoms with Crippen LogP contribution in [0.2, 0.25) is 0 Å². The molecule has 1 rings (SSSR count). The molecule has 0 amide bonds. The number of thiophene rings is 1. The lowest BCUT2D eigenvalue weighted by Crippen LogP contribution is -1.94. The van der Waals surface area contributed by atoms with Crippen LogP contribution in [0.5, 0.6) is 10.1 Å². The first-order chi connectivity index (χ1) is 6.59. The van der Waals surface area contributed by atoms with Crippen molar-refractivity contribution in [1.82, 2.24) is 0 Å². The van der Waals surface area contributed by atoms with Gasteiger partial charge in [0.1, 0.15) is 0 Å². The normalized spacial score (nSPS) is 10.3. The molecule has 0 aromatic carbocycles. The highest BCUT2D eigenvalue weighted by molar-refractivity contribution is 7.15. The Kier molecular flexibility index (Phi) is 3.76. The van der Waals surface area contributed by atoms with Crippen LogP contribution in [0, 0.1) is 0 Å². The SMILES string of the molecule is O=C(O)CCCCc1cc(O)sc1O. The van der Waals surface area contributed by atoms with E-state index in [-0.39, 0.29) is 16.5 Å². The Hall–Kier alpha value is -1.23. The van der Waals surface area contributed by atoms with Gasteiger partial charge in [-0.1, -0.05) is 11.3 Å². The molecular weight excluding hydrogens is 204 g/mol. The van der Waals surface area contributed by atoms with E-state index in [0.717, 1.165) is 11.3 Å². The number of unbranched alkanes of at least 4 members (excludes halogenated alkanes) is 1. The first-order valence-corrected chi connectivity index (χ1v) is 5.13. The molecule has 0 bridgehead atoms. The number of carbonyl (C=O) groups is 1. The van der Waals surface area contributed by atoms with Gasteiger partial charge in [0, 0.05) is 12.0 Å². The fourth-order valence-corrected chi connectivity index (χ4v) is 1.87. The number of carboxylic acids is 1. The zero-order chi connectivity index (χ0) is 10.6. The summed E-state index contributed by atoms with van der Waals surface area (Å²) in [5.74, 6) is -0.803. The van der Waals surface area contributed by atoms with Crippen molar-refractivity contribution < 1.29 is 20.1 Å². The van der Waals surface area contributed by atoms with Crippen LogP contribution in [-0.2, 0) is 11.2 Å². The van der Waals surface area contributed by atoms with E-state index in [0.29, 0.717) is 24.8 Å². The molecule has 0 radical (unpaired) electrons. The van der Waals surface area contributed by atoms with Crippen LogP contribution in [0.25, 0.3) is 0 Å². The van der Waals surface area contributed by atoms with E-state index in [1.807, 2.05) is 0 Å². The highest BCUT2D eigenvalue weighted by Gasteiger charge is 2.06. The van der Waals surface area contributed by atoms with Crippen LogP contribution in [0.3, 0.4) is 0 Å². The number of rotatable bonds is 5. The molecule has 0 aliphatic heterocycles. The predicted octanol–water partition coefficient (Wildman–Crippen LogP) is 1.96. The van der Waals surface area contributed by atoms with Crippen LogP contribution in [0.15, 0.2) is 6.07 Å². The van der Waals surface area contributed by atoms with Crippen molar-refractivity contribution in [2.45, 2.75) is 25.7 Å². The number of hydrogen-bond donors (Lipinski definition) is 3. The van der Waals surface area contributed by atoms with Gasteiger partial charge in [-0.2, -0.15) is 0 Å². The number of aliphatic carboxylic acids is 1. The first kappa shape index (κ1) is 10.8. The Morgan fingerprint density at radius 3 is 2.57 bits per heavy atom. The van der Waals surface area contributed by atoms with Crippen molar-refractivity contribution >= 4 is 17.3 Å². The van der Waals surface area contributed by atoms with E-state index in [1.54, 1.807) is 0 Å². The quantitative estimate of drug-likeness (QED) is 0.657. The van der Waals surface area contributed by atoms with E-state index >= 15 is 0 Å². The average molecular weight is 216 g/mol. The molecule has 0 aliphatic carbocycles. The molecule has 0 aliphatic rings. The monoisotopic (exact) mass is 216 g/mol. The summed E-state index contributed by atoms with van der Waals surface area (Å²) in [6, 6.07) is 1.51. The molecule has 0 saturated carbocycles. The molecule has 0 spiro atoms. The van der Waals surface area contributed by atoms with Gasteiger partial charge in [-0.15, -0.1) is 0 Å². The van der Waals surface area contributed by atoms with Gasteiger partial charge in [0.15, 0.2) is 10.1 Å². The van der Waals surface area contributed by atoms with Crippen molar-refractivity contribution in [1.29, 1.82) is 0 Å². The molecule has 0 saturated heterocycles. The maximum atomic E-state index is 10.2. The van der Waals surface area contributed by atoms with Gasteiger partial charge in [-0.05, 0) is 25.3 Å². The number of aromatic hydroxyl groups is 2. The maximum Gasteiger partial charge on any atom is 0.303 e. The molecule has 4 nitrogen and oxygen atoms in total. The summed E-state index contributed by atoms with van der Waals surface area (Å²) < 4.78 is 0. The van der Waals surface area contributed by atoms with Gasteiger partial charge in [0.05, 0.1) is 0 Å². The van der Waals surface area contributed by atoms with E-state index in [2.05, 4.69) is 0 Å². The summed E-state index contributed by atoms with van der Waals surface area (Å²) in [6.45, 7) is 0. The lowest BCUT2D eigenvalue weighted by molar-refractivity contribution is -0.137. The van der Waals surface area contributed by atoms with Gasteiger partial charge >= 0.3 is 5.97 Å².